The molecule has 2 rings (SSSR count). The van der Waals surface area contributed by atoms with Crippen LogP contribution >= 0.6 is 0 Å². The van der Waals surface area contributed by atoms with Gasteiger partial charge in [0.25, 0.3) is 0 Å². The Kier molecular flexibility index (Phi) is 4.94. The van der Waals surface area contributed by atoms with E-state index in [0.717, 1.165) is 5.56 Å². The molecule has 0 unspecified atom stereocenters. The maximum Gasteiger partial charge on any atom is 0.306 e. The van der Waals surface area contributed by atoms with Crippen molar-refractivity contribution in [2.75, 3.05) is 0 Å². The molecule has 0 atom stereocenters. The lowest BCUT2D eigenvalue weighted by molar-refractivity contribution is -0.144. The van der Waals surface area contributed by atoms with Gasteiger partial charge in [-0.1, -0.05) is 12.1 Å². The molecule has 1 aromatic carbocycles. The topological polar surface area (TPSA) is 66.4 Å². The van der Waals surface area contributed by atoms with Crippen LogP contribution in [0.3, 0.4) is 0 Å². The summed E-state index contributed by atoms with van der Waals surface area (Å²) in [7, 11) is 0. The van der Waals surface area contributed by atoms with E-state index in [2.05, 4.69) is 5.32 Å². The molecular formula is C16H20FNO3. The van der Waals surface area contributed by atoms with E-state index in [4.69, 9.17) is 5.11 Å². The lowest BCUT2D eigenvalue weighted by atomic mass is 9.81. The smallest absolute Gasteiger partial charge is 0.306 e. The summed E-state index contributed by atoms with van der Waals surface area (Å²) in [6.07, 6.45) is 2.35. The zero-order valence-electron chi connectivity index (χ0n) is 12.1. The van der Waals surface area contributed by atoms with E-state index in [1.165, 1.54) is 6.07 Å². The SMILES string of the molecule is Cc1cc(CNC(=O)C2CCC(C(=O)O)CC2)ccc1F. The molecule has 0 aliphatic heterocycles. The maximum atomic E-state index is 13.2. The first-order valence-corrected chi connectivity index (χ1v) is 7.23. The van der Waals surface area contributed by atoms with Crippen molar-refractivity contribution in [1.82, 2.24) is 5.32 Å². The number of benzene rings is 1. The monoisotopic (exact) mass is 293 g/mol. The summed E-state index contributed by atoms with van der Waals surface area (Å²) in [6.45, 7) is 2.06. The van der Waals surface area contributed by atoms with Gasteiger partial charge in [0.1, 0.15) is 5.82 Å². The maximum absolute atomic E-state index is 13.2. The minimum Gasteiger partial charge on any atom is -0.481 e. The Morgan fingerprint density at radius 1 is 1.24 bits per heavy atom. The van der Waals surface area contributed by atoms with Gasteiger partial charge >= 0.3 is 5.97 Å². The number of carbonyl (C=O) groups excluding carboxylic acids is 1. The van der Waals surface area contributed by atoms with Crippen LogP contribution in [0.1, 0.15) is 36.8 Å². The van der Waals surface area contributed by atoms with Crippen LogP contribution in [-0.2, 0) is 16.1 Å². The van der Waals surface area contributed by atoms with Crippen LogP contribution in [0.2, 0.25) is 0 Å². The first-order valence-electron chi connectivity index (χ1n) is 7.23. The zero-order valence-corrected chi connectivity index (χ0v) is 12.1. The van der Waals surface area contributed by atoms with Crippen LogP contribution in [-0.4, -0.2) is 17.0 Å². The summed E-state index contributed by atoms with van der Waals surface area (Å²) >= 11 is 0. The van der Waals surface area contributed by atoms with E-state index < -0.39 is 5.97 Å². The Bertz CT molecular complexity index is 536. The molecular weight excluding hydrogens is 273 g/mol. The van der Waals surface area contributed by atoms with Gasteiger partial charge in [0, 0.05) is 12.5 Å². The van der Waals surface area contributed by atoms with E-state index in [1.54, 1.807) is 19.1 Å². The van der Waals surface area contributed by atoms with Gasteiger partial charge in [0.05, 0.1) is 5.92 Å². The largest absolute Gasteiger partial charge is 0.481 e. The average Bonchev–Trinajstić information content (AvgIpc) is 2.48. The fraction of sp³-hybridized carbons (Fsp3) is 0.500. The Hall–Kier alpha value is -1.91. The third-order valence-corrected chi connectivity index (χ3v) is 4.14. The first-order chi connectivity index (χ1) is 9.97. The summed E-state index contributed by atoms with van der Waals surface area (Å²) in [5.74, 6) is -1.48. The molecule has 1 aliphatic carbocycles. The highest BCUT2D eigenvalue weighted by Crippen LogP contribution is 2.29. The molecule has 0 spiro atoms. The highest BCUT2D eigenvalue weighted by atomic mass is 19.1. The van der Waals surface area contributed by atoms with Crippen LogP contribution in [0, 0.1) is 24.6 Å². The molecule has 1 saturated carbocycles. The van der Waals surface area contributed by atoms with E-state index in [1.807, 2.05) is 0 Å². The minimum atomic E-state index is -0.768. The number of aryl methyl sites for hydroxylation is 1. The number of rotatable bonds is 4. The molecule has 5 heteroatoms. The van der Waals surface area contributed by atoms with Gasteiger partial charge in [-0.25, -0.2) is 4.39 Å². The van der Waals surface area contributed by atoms with Crippen LogP contribution in [0.5, 0.6) is 0 Å². The number of halogens is 1. The van der Waals surface area contributed by atoms with Gasteiger partial charge in [0.15, 0.2) is 0 Å². The van der Waals surface area contributed by atoms with Crippen molar-refractivity contribution in [1.29, 1.82) is 0 Å². The molecule has 0 heterocycles. The molecule has 21 heavy (non-hydrogen) atoms. The molecule has 0 radical (unpaired) electrons. The standard InChI is InChI=1S/C16H20FNO3/c1-10-8-11(2-7-14(10)17)9-18-15(19)12-3-5-13(6-4-12)16(20)21/h2,7-8,12-13H,3-6,9H2,1H3,(H,18,19)(H,20,21). The van der Waals surface area contributed by atoms with Crippen LogP contribution in [0.15, 0.2) is 18.2 Å². The summed E-state index contributed by atoms with van der Waals surface area (Å²) < 4.78 is 13.2. The summed E-state index contributed by atoms with van der Waals surface area (Å²) in [4.78, 5) is 22.9. The number of aliphatic carboxylic acids is 1. The molecule has 1 fully saturated rings. The number of amides is 1. The Labute approximate surface area is 123 Å². The highest BCUT2D eigenvalue weighted by molar-refractivity contribution is 5.79. The van der Waals surface area contributed by atoms with Crippen molar-refractivity contribution < 1.29 is 19.1 Å². The van der Waals surface area contributed by atoms with Crippen LogP contribution in [0.25, 0.3) is 0 Å². The number of carboxylic acids is 1. The summed E-state index contributed by atoms with van der Waals surface area (Å²) in [5, 5.41) is 11.8. The molecule has 114 valence electrons. The van der Waals surface area contributed by atoms with E-state index in [0.29, 0.717) is 37.8 Å². The molecule has 0 saturated heterocycles. The number of nitrogens with one attached hydrogen (secondary N) is 1. The lowest BCUT2D eigenvalue weighted by Crippen LogP contribution is -2.34. The average molecular weight is 293 g/mol. The van der Waals surface area contributed by atoms with Crippen LogP contribution < -0.4 is 5.32 Å². The number of carbonyl (C=O) groups is 2. The molecule has 0 aromatic heterocycles. The molecule has 0 bridgehead atoms. The predicted molar refractivity (Wildman–Crippen MR) is 76.1 cm³/mol. The van der Waals surface area contributed by atoms with Crippen molar-refractivity contribution in [2.45, 2.75) is 39.2 Å². The minimum absolute atomic E-state index is 0.0409. The number of hydrogen-bond donors (Lipinski definition) is 2. The number of carboxylic acid groups (broad SMARTS) is 1. The van der Waals surface area contributed by atoms with Crippen molar-refractivity contribution >= 4 is 11.9 Å². The molecule has 4 nitrogen and oxygen atoms in total. The van der Waals surface area contributed by atoms with E-state index in [9.17, 15) is 14.0 Å². The molecule has 1 aliphatic rings. The number of hydrogen-bond acceptors (Lipinski definition) is 2. The first kappa shape index (κ1) is 15.5. The summed E-state index contributed by atoms with van der Waals surface area (Å²) in [5.41, 5.74) is 1.42. The van der Waals surface area contributed by atoms with E-state index >= 15 is 0 Å². The van der Waals surface area contributed by atoms with Gasteiger partial charge in [-0.05, 0) is 49.8 Å². The van der Waals surface area contributed by atoms with Gasteiger partial charge in [-0.15, -0.1) is 0 Å². The zero-order chi connectivity index (χ0) is 15.4. The second-order valence-electron chi connectivity index (χ2n) is 5.69. The van der Waals surface area contributed by atoms with Gasteiger partial charge < -0.3 is 10.4 Å². The fourth-order valence-electron chi connectivity index (χ4n) is 2.75. The lowest BCUT2D eigenvalue weighted by Gasteiger charge is -2.25. The Morgan fingerprint density at radius 2 is 1.86 bits per heavy atom. The van der Waals surface area contributed by atoms with Crippen molar-refractivity contribution in [3.8, 4) is 0 Å². The van der Waals surface area contributed by atoms with Gasteiger partial charge in [-0.3, -0.25) is 9.59 Å². The summed E-state index contributed by atoms with van der Waals surface area (Å²) in [6, 6.07) is 4.77. The Balaban J connectivity index is 1.82. The third-order valence-electron chi connectivity index (χ3n) is 4.14. The van der Waals surface area contributed by atoms with Crippen molar-refractivity contribution in [3.63, 3.8) is 0 Å². The second kappa shape index (κ2) is 6.70. The van der Waals surface area contributed by atoms with Crippen molar-refractivity contribution in [3.05, 3.63) is 35.1 Å². The molecule has 1 aromatic rings. The van der Waals surface area contributed by atoms with Crippen LogP contribution in [0.4, 0.5) is 4.39 Å². The Morgan fingerprint density at radius 3 is 2.43 bits per heavy atom. The molecule has 2 N–H and O–H groups in total. The normalized spacial score (nSPS) is 21.8. The fourth-order valence-corrected chi connectivity index (χ4v) is 2.75. The third kappa shape index (κ3) is 4.03. The van der Waals surface area contributed by atoms with Gasteiger partial charge in [-0.2, -0.15) is 0 Å². The van der Waals surface area contributed by atoms with Gasteiger partial charge in [0.2, 0.25) is 5.91 Å². The quantitative estimate of drug-likeness (QED) is 0.897. The van der Waals surface area contributed by atoms with Crippen molar-refractivity contribution in [2.24, 2.45) is 11.8 Å². The molecule has 1 amide bonds. The van der Waals surface area contributed by atoms with E-state index in [-0.39, 0.29) is 23.6 Å². The predicted octanol–water partition coefficient (Wildman–Crippen LogP) is 2.64. The second-order valence-corrected chi connectivity index (χ2v) is 5.69. The highest BCUT2D eigenvalue weighted by Gasteiger charge is 2.29.